The number of nitrogens with zero attached hydrogens (tertiary/aromatic N) is 1. The molecule has 2 atom stereocenters. The first kappa shape index (κ1) is 15.0. The van der Waals surface area contributed by atoms with E-state index in [4.69, 9.17) is 10.5 Å². The minimum Gasteiger partial charge on any atom is -0.374 e. The summed E-state index contributed by atoms with van der Waals surface area (Å²) in [6.07, 6.45) is 0.611. The molecule has 0 saturated carbocycles. The van der Waals surface area contributed by atoms with E-state index in [1.807, 2.05) is 30.3 Å². The second kappa shape index (κ2) is 7.38. The Morgan fingerprint density at radius 3 is 2.95 bits per heavy atom. The molecular weight excluding hydrogens is 254 g/mol. The van der Waals surface area contributed by atoms with Gasteiger partial charge >= 0.3 is 0 Å². The number of benzene rings is 1. The molecule has 3 N–H and O–H groups in total. The first-order valence-corrected chi connectivity index (χ1v) is 7.02. The summed E-state index contributed by atoms with van der Waals surface area (Å²) in [6.45, 7) is 3.02. The van der Waals surface area contributed by atoms with Gasteiger partial charge in [0.05, 0.1) is 18.8 Å². The monoisotopic (exact) mass is 277 g/mol. The van der Waals surface area contributed by atoms with Crippen molar-refractivity contribution in [2.75, 3.05) is 33.3 Å². The molecule has 20 heavy (non-hydrogen) atoms. The Hall–Kier alpha value is -1.43. The first-order valence-electron chi connectivity index (χ1n) is 7.02. The molecule has 0 aromatic heterocycles. The van der Waals surface area contributed by atoms with E-state index in [0.717, 1.165) is 18.7 Å². The molecule has 0 bridgehead atoms. The van der Waals surface area contributed by atoms with Crippen molar-refractivity contribution in [2.24, 2.45) is 5.73 Å². The number of morpholine rings is 1. The summed E-state index contributed by atoms with van der Waals surface area (Å²) in [5.74, 6) is -0.120. The van der Waals surface area contributed by atoms with Crippen LogP contribution < -0.4 is 11.1 Å². The second-order valence-electron chi connectivity index (χ2n) is 5.30. The molecule has 0 radical (unpaired) electrons. The average molecular weight is 277 g/mol. The molecule has 2 rings (SSSR count). The lowest BCUT2D eigenvalue weighted by atomic mass is 10.1. The molecule has 1 amide bonds. The normalized spacial score (nSPS) is 21.4. The molecule has 1 aromatic rings. The number of hydrogen-bond donors (Lipinski definition) is 2. The summed E-state index contributed by atoms with van der Waals surface area (Å²) in [5.41, 5.74) is 7.00. The van der Waals surface area contributed by atoms with Gasteiger partial charge in [-0.3, -0.25) is 4.79 Å². The van der Waals surface area contributed by atoms with E-state index in [1.54, 1.807) is 0 Å². The van der Waals surface area contributed by atoms with Crippen molar-refractivity contribution in [1.82, 2.24) is 10.2 Å². The van der Waals surface area contributed by atoms with Crippen molar-refractivity contribution in [3.63, 3.8) is 0 Å². The summed E-state index contributed by atoms with van der Waals surface area (Å²) >= 11 is 0. The zero-order valence-corrected chi connectivity index (χ0v) is 11.9. The van der Waals surface area contributed by atoms with Crippen molar-refractivity contribution in [3.8, 4) is 0 Å². The van der Waals surface area contributed by atoms with Gasteiger partial charge in [-0.2, -0.15) is 0 Å². The first-order chi connectivity index (χ1) is 9.65. The molecule has 1 saturated heterocycles. The van der Waals surface area contributed by atoms with Gasteiger partial charge in [-0.15, -0.1) is 0 Å². The van der Waals surface area contributed by atoms with E-state index in [1.165, 1.54) is 0 Å². The van der Waals surface area contributed by atoms with Crippen LogP contribution in [0.4, 0.5) is 0 Å². The van der Waals surface area contributed by atoms with Gasteiger partial charge in [0.15, 0.2) is 0 Å². The molecule has 110 valence electrons. The van der Waals surface area contributed by atoms with E-state index >= 15 is 0 Å². The Labute approximate surface area is 120 Å². The smallest absolute Gasteiger partial charge is 0.237 e. The highest BCUT2D eigenvalue weighted by Crippen LogP contribution is 2.03. The lowest BCUT2D eigenvalue weighted by molar-refractivity contribution is -0.123. The van der Waals surface area contributed by atoms with E-state index in [2.05, 4.69) is 17.3 Å². The summed E-state index contributed by atoms with van der Waals surface area (Å²) in [6, 6.07) is 9.29. The van der Waals surface area contributed by atoms with E-state index in [0.29, 0.717) is 19.6 Å². The lowest BCUT2D eigenvalue weighted by Gasteiger charge is -2.30. The summed E-state index contributed by atoms with van der Waals surface area (Å²) in [7, 11) is 2.05. The fourth-order valence-electron chi connectivity index (χ4n) is 2.30. The third-order valence-electron chi connectivity index (χ3n) is 3.48. The largest absolute Gasteiger partial charge is 0.374 e. The number of likely N-dealkylation sites (N-methyl/N-ethyl adjacent to an activating group) is 1. The molecule has 5 nitrogen and oxygen atoms in total. The fraction of sp³-hybridized carbons (Fsp3) is 0.533. The van der Waals surface area contributed by atoms with Crippen molar-refractivity contribution in [2.45, 2.75) is 18.6 Å². The molecule has 5 heteroatoms. The van der Waals surface area contributed by atoms with Crippen LogP contribution in [-0.4, -0.2) is 56.2 Å². The van der Waals surface area contributed by atoms with Gasteiger partial charge in [-0.25, -0.2) is 0 Å². The predicted molar refractivity (Wildman–Crippen MR) is 78.4 cm³/mol. The highest BCUT2D eigenvalue weighted by atomic mass is 16.5. The Kier molecular flexibility index (Phi) is 5.52. The van der Waals surface area contributed by atoms with Gasteiger partial charge in [0, 0.05) is 19.6 Å². The maximum Gasteiger partial charge on any atom is 0.237 e. The minimum absolute atomic E-state index is 0.0571. The second-order valence-corrected chi connectivity index (χ2v) is 5.30. The van der Waals surface area contributed by atoms with Gasteiger partial charge in [0.25, 0.3) is 0 Å². The van der Waals surface area contributed by atoms with Crippen molar-refractivity contribution >= 4 is 5.91 Å². The quantitative estimate of drug-likeness (QED) is 0.795. The number of rotatable bonds is 5. The van der Waals surface area contributed by atoms with Crippen molar-refractivity contribution in [1.29, 1.82) is 0 Å². The van der Waals surface area contributed by atoms with E-state index in [9.17, 15) is 4.79 Å². The molecular formula is C15H23N3O2. The van der Waals surface area contributed by atoms with Crippen LogP contribution in [0.5, 0.6) is 0 Å². The minimum atomic E-state index is -0.515. The highest BCUT2D eigenvalue weighted by molar-refractivity contribution is 5.81. The summed E-state index contributed by atoms with van der Waals surface area (Å²) < 4.78 is 5.60. The number of amides is 1. The molecule has 1 aliphatic rings. The van der Waals surface area contributed by atoms with Crippen LogP contribution in [0.1, 0.15) is 5.56 Å². The Bertz CT molecular complexity index is 424. The third kappa shape index (κ3) is 4.59. The molecule has 1 unspecified atom stereocenters. The van der Waals surface area contributed by atoms with Gasteiger partial charge in [0.2, 0.25) is 5.91 Å². The molecule has 0 spiro atoms. The standard InChI is InChI=1S/C15H23N3O2/c1-18-7-8-20-13(11-18)10-17-15(19)14(16)9-12-5-3-2-4-6-12/h2-6,13-14H,7-11,16H2,1H3,(H,17,19)/t13?,14-/m0/s1. The topological polar surface area (TPSA) is 67.6 Å². The Balaban J connectivity index is 1.74. The van der Waals surface area contributed by atoms with Crippen LogP contribution in [0.15, 0.2) is 30.3 Å². The molecule has 1 aliphatic heterocycles. The molecule has 1 heterocycles. The van der Waals surface area contributed by atoms with Crippen LogP contribution in [0.25, 0.3) is 0 Å². The number of nitrogens with two attached hydrogens (primary N) is 1. The van der Waals surface area contributed by atoms with Gasteiger partial charge < -0.3 is 20.7 Å². The molecule has 1 aromatic carbocycles. The summed E-state index contributed by atoms with van der Waals surface area (Å²) in [4.78, 5) is 14.2. The fourth-order valence-corrected chi connectivity index (χ4v) is 2.30. The van der Waals surface area contributed by atoms with Gasteiger partial charge in [0.1, 0.15) is 0 Å². The number of carbonyl (C=O) groups is 1. The predicted octanol–water partition coefficient (Wildman–Crippen LogP) is 0.00320. The SMILES string of the molecule is CN1CCOC(CNC(=O)[C@@H](N)Cc2ccccc2)C1. The average Bonchev–Trinajstić information content (AvgIpc) is 2.46. The zero-order chi connectivity index (χ0) is 14.4. The third-order valence-corrected chi connectivity index (χ3v) is 3.48. The van der Waals surface area contributed by atoms with E-state index in [-0.39, 0.29) is 12.0 Å². The van der Waals surface area contributed by atoms with Crippen molar-refractivity contribution in [3.05, 3.63) is 35.9 Å². The number of carbonyl (C=O) groups excluding carboxylic acids is 1. The van der Waals surface area contributed by atoms with Crippen molar-refractivity contribution < 1.29 is 9.53 Å². The van der Waals surface area contributed by atoms with Crippen LogP contribution in [0.2, 0.25) is 0 Å². The van der Waals surface area contributed by atoms with Crippen LogP contribution in [-0.2, 0) is 16.0 Å². The van der Waals surface area contributed by atoms with E-state index < -0.39 is 6.04 Å². The molecule has 1 fully saturated rings. The summed E-state index contributed by atoms with van der Waals surface area (Å²) in [5, 5.41) is 2.88. The van der Waals surface area contributed by atoms with Gasteiger partial charge in [-0.05, 0) is 19.0 Å². The lowest BCUT2D eigenvalue weighted by Crippen LogP contribution is -2.49. The maximum absolute atomic E-state index is 12.0. The van der Waals surface area contributed by atoms with Crippen LogP contribution in [0, 0.1) is 0 Å². The Morgan fingerprint density at radius 2 is 2.25 bits per heavy atom. The van der Waals surface area contributed by atoms with Crippen LogP contribution >= 0.6 is 0 Å². The Morgan fingerprint density at radius 1 is 1.50 bits per heavy atom. The number of ether oxygens (including phenoxy) is 1. The molecule has 0 aliphatic carbocycles. The maximum atomic E-state index is 12.0. The highest BCUT2D eigenvalue weighted by Gasteiger charge is 2.20. The van der Waals surface area contributed by atoms with Crippen LogP contribution in [0.3, 0.4) is 0 Å². The zero-order valence-electron chi connectivity index (χ0n) is 11.9. The number of nitrogens with one attached hydrogen (secondary N) is 1. The van der Waals surface area contributed by atoms with Gasteiger partial charge in [-0.1, -0.05) is 30.3 Å². The number of hydrogen-bond acceptors (Lipinski definition) is 4.